The van der Waals surface area contributed by atoms with Crippen LogP contribution in [0.5, 0.6) is 5.75 Å². The van der Waals surface area contributed by atoms with Crippen LogP contribution in [0.15, 0.2) is 54.3 Å². The Morgan fingerprint density at radius 1 is 1.31 bits per heavy atom. The summed E-state index contributed by atoms with van der Waals surface area (Å²) in [5.41, 5.74) is 6.45. The maximum Gasteiger partial charge on any atom is 0.268 e. The van der Waals surface area contributed by atoms with Crippen LogP contribution < -0.4 is 10.5 Å². The van der Waals surface area contributed by atoms with Gasteiger partial charge in [0, 0.05) is 23.2 Å². The molecule has 0 radical (unpaired) electrons. The van der Waals surface area contributed by atoms with Crippen LogP contribution in [0.25, 0.3) is 10.4 Å². The second-order valence-electron chi connectivity index (χ2n) is 5.94. The summed E-state index contributed by atoms with van der Waals surface area (Å²) in [4.78, 5) is 16.1. The Kier molecular flexibility index (Phi) is 6.04. The zero-order chi connectivity index (χ0) is 18.4. The maximum absolute atomic E-state index is 11.0. The van der Waals surface area contributed by atoms with Gasteiger partial charge >= 0.3 is 0 Å². The fourth-order valence-corrected chi connectivity index (χ4v) is 3.41. The van der Waals surface area contributed by atoms with Gasteiger partial charge in [-0.25, -0.2) is 4.98 Å². The van der Waals surface area contributed by atoms with Gasteiger partial charge in [-0.05, 0) is 36.4 Å². The van der Waals surface area contributed by atoms with Gasteiger partial charge in [-0.15, -0.1) is 11.3 Å². The third kappa shape index (κ3) is 4.71. The number of aromatic nitrogens is 2. The number of benzene rings is 1. The summed E-state index contributed by atoms with van der Waals surface area (Å²) >= 11 is 1.68. The largest absolute Gasteiger partial charge is 0.493 e. The minimum Gasteiger partial charge on any atom is -0.493 e. The van der Waals surface area contributed by atoms with Crippen LogP contribution in [0.2, 0.25) is 0 Å². The number of nitrogens with two attached hydrogens (primary N) is 1. The highest BCUT2D eigenvalue weighted by Gasteiger charge is 2.10. The number of hydrogen-bond donors (Lipinski definition) is 2. The number of nitrogens with zero attached hydrogens (tertiary/aromatic N) is 2. The van der Waals surface area contributed by atoms with Gasteiger partial charge in [-0.2, -0.15) is 0 Å². The molecule has 2 aromatic heterocycles. The van der Waals surface area contributed by atoms with Gasteiger partial charge in [0.05, 0.1) is 19.0 Å². The minimum atomic E-state index is -0.573. The van der Waals surface area contributed by atoms with Gasteiger partial charge in [-0.1, -0.05) is 18.2 Å². The van der Waals surface area contributed by atoms with Crippen LogP contribution in [0, 0.1) is 0 Å². The van der Waals surface area contributed by atoms with E-state index < -0.39 is 12.0 Å². The van der Waals surface area contributed by atoms with Gasteiger partial charge in [0.25, 0.3) is 5.91 Å². The summed E-state index contributed by atoms with van der Waals surface area (Å²) in [6.07, 6.45) is 3.81. The summed E-state index contributed by atoms with van der Waals surface area (Å²) in [6, 6.07) is 12.1. The monoisotopic (exact) mass is 371 g/mol. The van der Waals surface area contributed by atoms with Crippen molar-refractivity contribution in [2.75, 3.05) is 6.61 Å². The molecule has 0 bridgehead atoms. The smallest absolute Gasteiger partial charge is 0.268 e. The number of amides is 1. The first-order valence-electron chi connectivity index (χ1n) is 8.39. The molecule has 3 aromatic rings. The predicted octanol–water partition coefficient (Wildman–Crippen LogP) is 2.93. The van der Waals surface area contributed by atoms with E-state index in [0.717, 1.165) is 17.7 Å². The van der Waals surface area contributed by atoms with Gasteiger partial charge in [0.2, 0.25) is 0 Å². The lowest BCUT2D eigenvalue weighted by atomic mass is 10.1. The second-order valence-corrected chi connectivity index (χ2v) is 6.89. The molecule has 0 saturated carbocycles. The van der Waals surface area contributed by atoms with E-state index in [0.29, 0.717) is 19.6 Å². The number of ether oxygens (including phenoxy) is 1. The normalized spacial score (nSPS) is 12.0. The van der Waals surface area contributed by atoms with Crippen LogP contribution in [-0.2, 0) is 6.54 Å². The molecule has 3 rings (SSSR count). The number of thiophene rings is 1. The molecule has 136 valence electrons. The molecule has 1 aromatic carbocycles. The third-order valence-corrected chi connectivity index (χ3v) is 4.82. The number of rotatable bonds is 9. The molecule has 0 aliphatic rings. The minimum absolute atomic E-state index is 0.200. The van der Waals surface area contributed by atoms with Gasteiger partial charge in [-0.3, -0.25) is 4.79 Å². The molecule has 0 spiro atoms. The lowest BCUT2D eigenvalue weighted by molar-refractivity contribution is 0.0995. The van der Waals surface area contributed by atoms with E-state index in [4.69, 9.17) is 10.5 Å². The zero-order valence-corrected chi connectivity index (χ0v) is 15.1. The number of carbonyl (C=O) groups excluding carboxylic acids is 1. The molecule has 7 heteroatoms. The van der Waals surface area contributed by atoms with E-state index in [-0.39, 0.29) is 5.69 Å². The highest BCUT2D eigenvalue weighted by atomic mass is 32.1. The second kappa shape index (κ2) is 8.64. The first-order valence-corrected chi connectivity index (χ1v) is 9.27. The number of primary amides is 1. The molecule has 1 amide bonds. The van der Waals surface area contributed by atoms with Crippen LogP contribution in [0.1, 0.15) is 23.3 Å². The van der Waals surface area contributed by atoms with Crippen LogP contribution in [0.3, 0.4) is 0 Å². The lowest BCUT2D eigenvalue weighted by Gasteiger charge is -2.13. The molecule has 3 N–H and O–H groups in total. The quantitative estimate of drug-likeness (QED) is 0.566. The molecule has 0 fully saturated rings. The fraction of sp³-hybridized carbons (Fsp3) is 0.263. The maximum atomic E-state index is 11.0. The molecule has 0 aliphatic carbocycles. The lowest BCUT2D eigenvalue weighted by Crippen LogP contribution is -2.16. The summed E-state index contributed by atoms with van der Waals surface area (Å²) in [7, 11) is 0. The van der Waals surface area contributed by atoms with Crippen molar-refractivity contribution in [2.24, 2.45) is 5.73 Å². The number of hydrogen-bond acceptors (Lipinski definition) is 5. The van der Waals surface area contributed by atoms with E-state index in [1.807, 2.05) is 35.7 Å². The molecule has 6 nitrogen and oxygen atoms in total. The number of carbonyl (C=O) groups is 1. The molecule has 2 heterocycles. The molecular weight excluding hydrogens is 350 g/mol. The number of aliphatic hydroxyl groups excluding tert-OH is 1. The number of imidazole rings is 1. The summed E-state index contributed by atoms with van der Waals surface area (Å²) < 4.78 is 7.58. The van der Waals surface area contributed by atoms with Gasteiger partial charge < -0.3 is 20.1 Å². The Labute approximate surface area is 155 Å². The van der Waals surface area contributed by atoms with Crippen molar-refractivity contribution in [1.82, 2.24) is 9.55 Å². The summed E-state index contributed by atoms with van der Waals surface area (Å²) in [5.74, 6) is 0.279. The van der Waals surface area contributed by atoms with Crippen molar-refractivity contribution in [3.63, 3.8) is 0 Å². The Bertz CT molecular complexity index is 845. The topological polar surface area (TPSA) is 90.4 Å². The number of aliphatic hydroxyl groups is 1. The van der Waals surface area contributed by atoms with E-state index in [2.05, 4.69) is 11.1 Å². The molecule has 0 saturated heterocycles. The predicted molar refractivity (Wildman–Crippen MR) is 101 cm³/mol. The van der Waals surface area contributed by atoms with Crippen molar-refractivity contribution < 1.29 is 14.6 Å². The molecule has 0 aliphatic heterocycles. The van der Waals surface area contributed by atoms with E-state index >= 15 is 0 Å². The van der Waals surface area contributed by atoms with Crippen LogP contribution in [0.4, 0.5) is 0 Å². The molecule has 1 atom stereocenters. The van der Waals surface area contributed by atoms with Gasteiger partial charge in [0.15, 0.2) is 0 Å². The Morgan fingerprint density at radius 2 is 2.15 bits per heavy atom. The third-order valence-electron chi connectivity index (χ3n) is 3.92. The highest BCUT2D eigenvalue weighted by Crippen LogP contribution is 2.33. The molecular formula is C19H21N3O3S. The van der Waals surface area contributed by atoms with Gasteiger partial charge in [0.1, 0.15) is 11.4 Å². The van der Waals surface area contributed by atoms with Crippen molar-refractivity contribution in [3.8, 4) is 16.2 Å². The van der Waals surface area contributed by atoms with Crippen LogP contribution in [-0.4, -0.2) is 33.3 Å². The molecule has 1 unspecified atom stereocenters. The standard InChI is InChI=1S/C19H21N3O3S/c20-19(24)16-12-22(13-21-16)11-14(23)5-3-9-25-17-7-2-1-6-15(17)18-8-4-10-26-18/h1-2,4,6-8,10,12-14,23H,3,5,9,11H2,(H2,20,24). The Morgan fingerprint density at radius 3 is 2.88 bits per heavy atom. The van der Waals surface area contributed by atoms with Crippen molar-refractivity contribution >= 4 is 17.2 Å². The number of para-hydroxylation sites is 1. The SMILES string of the molecule is NC(=O)c1cn(CC(O)CCCOc2ccccc2-c2cccs2)cn1. The van der Waals surface area contributed by atoms with E-state index in [1.165, 1.54) is 11.2 Å². The Balaban J connectivity index is 1.46. The van der Waals surface area contributed by atoms with E-state index in [1.54, 1.807) is 22.1 Å². The first kappa shape index (κ1) is 18.2. The average Bonchev–Trinajstić information content (AvgIpc) is 3.31. The van der Waals surface area contributed by atoms with Crippen molar-refractivity contribution in [1.29, 1.82) is 0 Å². The van der Waals surface area contributed by atoms with Crippen molar-refractivity contribution in [3.05, 3.63) is 60.0 Å². The van der Waals surface area contributed by atoms with E-state index in [9.17, 15) is 9.90 Å². The van der Waals surface area contributed by atoms with Crippen molar-refractivity contribution in [2.45, 2.75) is 25.5 Å². The average molecular weight is 371 g/mol. The summed E-state index contributed by atoms with van der Waals surface area (Å²) in [6.45, 7) is 0.891. The first-order chi connectivity index (χ1) is 12.6. The zero-order valence-electron chi connectivity index (χ0n) is 14.2. The molecule has 26 heavy (non-hydrogen) atoms. The Hall–Kier alpha value is -2.64. The van der Waals surface area contributed by atoms with Crippen LogP contribution >= 0.6 is 11.3 Å². The summed E-state index contributed by atoms with van der Waals surface area (Å²) in [5, 5.41) is 12.2. The fourth-order valence-electron chi connectivity index (χ4n) is 2.65. The highest BCUT2D eigenvalue weighted by molar-refractivity contribution is 7.13.